The second-order valence-electron chi connectivity index (χ2n) is 4.74. The minimum Gasteiger partial charge on any atom is -0.444 e. The lowest BCUT2D eigenvalue weighted by atomic mass is 10.1. The number of hydrogen-bond acceptors (Lipinski definition) is 3. The molecule has 1 amide bonds. The molecule has 17 heavy (non-hydrogen) atoms. The number of carbonyl (C=O) groups excluding carboxylic acids is 1. The van der Waals surface area contributed by atoms with Crippen molar-refractivity contribution < 1.29 is 9.53 Å². The molecule has 0 saturated heterocycles. The molecule has 0 bridgehead atoms. The quantitative estimate of drug-likeness (QED) is 0.791. The number of aromatic nitrogens is 2. The highest BCUT2D eigenvalue weighted by atomic mass is 16.6. The van der Waals surface area contributed by atoms with Crippen LogP contribution in [0.4, 0.5) is 4.79 Å². The van der Waals surface area contributed by atoms with Gasteiger partial charge in [0.2, 0.25) is 0 Å². The van der Waals surface area contributed by atoms with Gasteiger partial charge >= 0.3 is 6.09 Å². The van der Waals surface area contributed by atoms with Gasteiger partial charge in [0.15, 0.2) is 0 Å². The molecule has 0 aromatic carbocycles. The van der Waals surface area contributed by atoms with Gasteiger partial charge in [0, 0.05) is 6.20 Å². The Morgan fingerprint density at radius 1 is 1.71 bits per heavy atom. The SMILES string of the molecule is C=CC[C@H](NC(=O)OC(C)(C)C)c1ccn[nH]1. The van der Waals surface area contributed by atoms with Crippen molar-refractivity contribution in [1.29, 1.82) is 0 Å². The number of aromatic amines is 1. The molecule has 2 N–H and O–H groups in total. The summed E-state index contributed by atoms with van der Waals surface area (Å²) in [5, 5.41) is 9.45. The van der Waals surface area contributed by atoms with E-state index in [2.05, 4.69) is 22.1 Å². The summed E-state index contributed by atoms with van der Waals surface area (Å²) >= 11 is 0. The zero-order chi connectivity index (χ0) is 12.9. The van der Waals surface area contributed by atoms with Crippen LogP contribution in [0, 0.1) is 0 Å². The number of nitrogens with zero attached hydrogens (tertiary/aromatic N) is 1. The maximum absolute atomic E-state index is 11.6. The summed E-state index contributed by atoms with van der Waals surface area (Å²) in [6.07, 6.45) is 3.55. The first-order valence-electron chi connectivity index (χ1n) is 5.52. The first kappa shape index (κ1) is 13.3. The molecular formula is C12H19N3O2. The third-order valence-electron chi connectivity index (χ3n) is 1.99. The van der Waals surface area contributed by atoms with Crippen LogP contribution in [0.3, 0.4) is 0 Å². The standard InChI is InChI=1S/C12H19N3O2/c1-5-6-9(10-7-8-13-15-10)14-11(16)17-12(2,3)4/h5,7-9H,1,6H2,2-4H3,(H,13,15)(H,14,16)/t9-/m0/s1. The van der Waals surface area contributed by atoms with Gasteiger partial charge < -0.3 is 10.1 Å². The second-order valence-corrected chi connectivity index (χ2v) is 4.74. The van der Waals surface area contributed by atoms with Gasteiger partial charge in [-0.05, 0) is 33.3 Å². The van der Waals surface area contributed by atoms with Gasteiger partial charge in [0.25, 0.3) is 0 Å². The molecule has 0 aliphatic carbocycles. The Morgan fingerprint density at radius 2 is 2.41 bits per heavy atom. The third-order valence-corrected chi connectivity index (χ3v) is 1.99. The number of ether oxygens (including phenoxy) is 1. The van der Waals surface area contributed by atoms with Crippen molar-refractivity contribution in [3.8, 4) is 0 Å². The molecule has 1 rings (SSSR count). The fourth-order valence-corrected chi connectivity index (χ4v) is 1.34. The largest absolute Gasteiger partial charge is 0.444 e. The van der Waals surface area contributed by atoms with Gasteiger partial charge in [-0.2, -0.15) is 5.10 Å². The van der Waals surface area contributed by atoms with Crippen molar-refractivity contribution in [3.05, 3.63) is 30.6 Å². The topological polar surface area (TPSA) is 67.0 Å². The molecule has 5 heteroatoms. The lowest BCUT2D eigenvalue weighted by Gasteiger charge is -2.22. The van der Waals surface area contributed by atoms with E-state index in [1.807, 2.05) is 26.8 Å². The molecule has 5 nitrogen and oxygen atoms in total. The predicted molar refractivity (Wildman–Crippen MR) is 65.5 cm³/mol. The Labute approximate surface area is 101 Å². The molecule has 0 spiro atoms. The monoisotopic (exact) mass is 237 g/mol. The molecular weight excluding hydrogens is 218 g/mol. The van der Waals surface area contributed by atoms with Crippen molar-refractivity contribution >= 4 is 6.09 Å². The van der Waals surface area contributed by atoms with Crippen molar-refractivity contribution in [1.82, 2.24) is 15.5 Å². The lowest BCUT2D eigenvalue weighted by Crippen LogP contribution is -2.35. The van der Waals surface area contributed by atoms with Crippen LogP contribution in [0.1, 0.15) is 38.9 Å². The minimum atomic E-state index is -0.503. The molecule has 0 saturated carbocycles. The number of rotatable bonds is 4. The average Bonchev–Trinajstić information content (AvgIpc) is 2.66. The first-order chi connectivity index (χ1) is 7.92. The van der Waals surface area contributed by atoms with Crippen LogP contribution < -0.4 is 5.32 Å². The summed E-state index contributed by atoms with van der Waals surface area (Å²) in [5.41, 5.74) is 0.326. The number of amides is 1. The van der Waals surface area contributed by atoms with Gasteiger partial charge in [-0.15, -0.1) is 6.58 Å². The molecule has 1 aromatic rings. The Morgan fingerprint density at radius 3 is 2.88 bits per heavy atom. The van der Waals surface area contributed by atoms with E-state index in [1.54, 1.807) is 12.3 Å². The van der Waals surface area contributed by atoms with Gasteiger partial charge in [-0.3, -0.25) is 5.10 Å². The van der Waals surface area contributed by atoms with Crippen LogP contribution in [-0.2, 0) is 4.74 Å². The van der Waals surface area contributed by atoms with Crippen LogP contribution in [0.25, 0.3) is 0 Å². The van der Waals surface area contributed by atoms with E-state index in [0.29, 0.717) is 6.42 Å². The molecule has 1 aromatic heterocycles. The molecule has 1 atom stereocenters. The van der Waals surface area contributed by atoms with Crippen LogP contribution in [0.5, 0.6) is 0 Å². The average molecular weight is 237 g/mol. The smallest absolute Gasteiger partial charge is 0.408 e. The van der Waals surface area contributed by atoms with Gasteiger partial charge in [0.05, 0.1) is 11.7 Å². The molecule has 0 unspecified atom stereocenters. The molecule has 0 radical (unpaired) electrons. The summed E-state index contributed by atoms with van der Waals surface area (Å²) in [7, 11) is 0. The number of H-pyrrole nitrogens is 1. The summed E-state index contributed by atoms with van der Waals surface area (Å²) in [4.78, 5) is 11.6. The first-order valence-corrected chi connectivity index (χ1v) is 5.52. The predicted octanol–water partition coefficient (Wildman–Crippen LogP) is 2.55. The van der Waals surface area contributed by atoms with Crippen molar-refractivity contribution in [2.45, 2.75) is 38.8 Å². The van der Waals surface area contributed by atoms with E-state index in [9.17, 15) is 4.79 Å². The summed E-state index contributed by atoms with van der Waals surface area (Å²) in [5.74, 6) is 0. The number of nitrogens with one attached hydrogen (secondary N) is 2. The zero-order valence-corrected chi connectivity index (χ0v) is 10.5. The summed E-state index contributed by atoms with van der Waals surface area (Å²) in [6, 6.07) is 1.62. The van der Waals surface area contributed by atoms with Crippen LogP contribution >= 0.6 is 0 Å². The molecule has 0 aliphatic heterocycles. The second kappa shape index (κ2) is 5.52. The lowest BCUT2D eigenvalue weighted by molar-refractivity contribution is 0.0503. The number of carbonyl (C=O) groups is 1. The maximum Gasteiger partial charge on any atom is 0.408 e. The number of alkyl carbamates (subject to hydrolysis) is 1. The third kappa shape index (κ3) is 4.72. The van der Waals surface area contributed by atoms with Gasteiger partial charge in [-0.25, -0.2) is 4.79 Å². The zero-order valence-electron chi connectivity index (χ0n) is 10.5. The Bertz CT molecular complexity index is 366. The number of hydrogen-bond donors (Lipinski definition) is 2. The molecule has 1 heterocycles. The Balaban J connectivity index is 2.62. The van der Waals surface area contributed by atoms with E-state index in [-0.39, 0.29) is 6.04 Å². The Hall–Kier alpha value is -1.78. The summed E-state index contributed by atoms with van der Waals surface area (Å²) < 4.78 is 5.19. The van der Waals surface area contributed by atoms with Crippen molar-refractivity contribution in [3.63, 3.8) is 0 Å². The fraction of sp³-hybridized carbons (Fsp3) is 0.500. The van der Waals surface area contributed by atoms with E-state index in [1.165, 1.54) is 0 Å². The highest BCUT2D eigenvalue weighted by molar-refractivity contribution is 5.68. The van der Waals surface area contributed by atoms with Crippen LogP contribution in [-0.4, -0.2) is 21.9 Å². The molecule has 0 aliphatic rings. The van der Waals surface area contributed by atoms with Crippen molar-refractivity contribution in [2.75, 3.05) is 0 Å². The maximum atomic E-state index is 11.6. The summed E-state index contributed by atoms with van der Waals surface area (Å²) in [6.45, 7) is 9.14. The Kier molecular flexibility index (Phi) is 4.31. The highest BCUT2D eigenvalue weighted by Crippen LogP contribution is 2.15. The highest BCUT2D eigenvalue weighted by Gasteiger charge is 2.20. The minimum absolute atomic E-state index is 0.190. The van der Waals surface area contributed by atoms with E-state index < -0.39 is 11.7 Å². The molecule has 94 valence electrons. The van der Waals surface area contributed by atoms with Gasteiger partial charge in [0.1, 0.15) is 5.60 Å². The van der Waals surface area contributed by atoms with Gasteiger partial charge in [-0.1, -0.05) is 6.08 Å². The molecule has 0 fully saturated rings. The van der Waals surface area contributed by atoms with Crippen molar-refractivity contribution in [2.24, 2.45) is 0 Å². The fourth-order valence-electron chi connectivity index (χ4n) is 1.34. The van der Waals surface area contributed by atoms with E-state index in [0.717, 1.165) is 5.69 Å². The normalized spacial score (nSPS) is 12.9. The van der Waals surface area contributed by atoms with E-state index >= 15 is 0 Å². The van der Waals surface area contributed by atoms with Crippen LogP contribution in [0.15, 0.2) is 24.9 Å². The van der Waals surface area contributed by atoms with E-state index in [4.69, 9.17) is 4.74 Å². The van der Waals surface area contributed by atoms with Crippen LogP contribution in [0.2, 0.25) is 0 Å².